The van der Waals surface area contributed by atoms with Crippen molar-refractivity contribution in [2.24, 2.45) is 5.92 Å². The molecule has 19 heavy (non-hydrogen) atoms. The van der Waals surface area contributed by atoms with Crippen LogP contribution in [0.4, 0.5) is 0 Å². The summed E-state index contributed by atoms with van der Waals surface area (Å²) < 4.78 is 11.1. The minimum Gasteiger partial charge on any atom is -0.466 e. The lowest BCUT2D eigenvalue weighted by Crippen LogP contribution is -2.48. The Morgan fingerprint density at radius 1 is 1.42 bits per heavy atom. The molecule has 1 aliphatic heterocycles. The van der Waals surface area contributed by atoms with Gasteiger partial charge in [0.15, 0.2) is 8.32 Å². The number of rotatable bonds is 4. The van der Waals surface area contributed by atoms with Crippen LogP contribution in [0.15, 0.2) is 0 Å². The van der Waals surface area contributed by atoms with Crippen molar-refractivity contribution < 1.29 is 18.8 Å². The number of ether oxygens (including phenoxy) is 1. The highest BCUT2D eigenvalue weighted by atomic mass is 28.4. The fourth-order valence-corrected chi connectivity index (χ4v) is 2.95. The highest BCUT2D eigenvalue weighted by molar-refractivity contribution is 6.74. The van der Waals surface area contributed by atoms with Crippen LogP contribution in [0, 0.1) is 5.92 Å². The summed E-state index contributed by atoms with van der Waals surface area (Å²) in [6.07, 6.45) is -0.708. The molecule has 110 valence electrons. The average molecular weight is 287 g/mol. The van der Waals surface area contributed by atoms with E-state index in [2.05, 4.69) is 39.2 Å². The largest absolute Gasteiger partial charge is 0.466 e. The van der Waals surface area contributed by atoms with E-state index in [9.17, 15) is 9.59 Å². The van der Waals surface area contributed by atoms with Gasteiger partial charge in [0, 0.05) is 6.54 Å². The first kappa shape index (κ1) is 16.2. The van der Waals surface area contributed by atoms with Crippen molar-refractivity contribution in [3.8, 4) is 0 Å². The minimum atomic E-state index is -2.09. The highest BCUT2D eigenvalue weighted by Crippen LogP contribution is 2.38. The van der Waals surface area contributed by atoms with E-state index in [-0.39, 0.29) is 16.9 Å². The minimum absolute atomic E-state index is 0.00488. The predicted octanol–water partition coefficient (Wildman–Crippen LogP) is 1.69. The summed E-state index contributed by atoms with van der Waals surface area (Å²) in [5.41, 5.74) is 0. The third-order valence-electron chi connectivity index (χ3n) is 3.94. The van der Waals surface area contributed by atoms with Crippen molar-refractivity contribution in [1.82, 2.24) is 5.32 Å². The van der Waals surface area contributed by atoms with Gasteiger partial charge in [-0.3, -0.25) is 9.59 Å². The van der Waals surface area contributed by atoms with Crippen molar-refractivity contribution in [3.05, 3.63) is 0 Å². The highest BCUT2D eigenvalue weighted by Gasteiger charge is 2.47. The predicted molar refractivity (Wildman–Crippen MR) is 75.2 cm³/mol. The van der Waals surface area contributed by atoms with Crippen LogP contribution in [0.25, 0.3) is 0 Å². The Bertz CT molecular complexity index is 362. The van der Waals surface area contributed by atoms with E-state index in [1.165, 1.54) is 0 Å². The maximum atomic E-state index is 11.9. The lowest BCUT2D eigenvalue weighted by atomic mass is 10.1. The first-order chi connectivity index (χ1) is 8.60. The van der Waals surface area contributed by atoms with Crippen LogP contribution in [-0.4, -0.2) is 39.4 Å². The number of hydrogen-bond acceptors (Lipinski definition) is 4. The van der Waals surface area contributed by atoms with E-state index < -0.39 is 20.3 Å². The SMILES string of the molecule is CCOC(=O)C1CNC(=O)C1O[Si](C)(C)C(C)(C)C. The molecule has 1 fully saturated rings. The van der Waals surface area contributed by atoms with Crippen molar-refractivity contribution in [2.45, 2.75) is 51.9 Å². The molecular formula is C13H25NO4Si. The standard InChI is InChI=1S/C13H25NO4Si/c1-7-17-12(16)9-8-14-11(15)10(9)18-19(5,6)13(2,3)4/h9-10H,7-8H2,1-6H3,(H,14,15). The van der Waals surface area contributed by atoms with Gasteiger partial charge in [-0.15, -0.1) is 0 Å². The maximum Gasteiger partial charge on any atom is 0.313 e. The van der Waals surface area contributed by atoms with E-state index in [0.29, 0.717) is 13.2 Å². The summed E-state index contributed by atoms with van der Waals surface area (Å²) in [6, 6.07) is 0. The molecule has 0 bridgehead atoms. The zero-order valence-electron chi connectivity index (χ0n) is 12.7. The van der Waals surface area contributed by atoms with E-state index in [1.807, 2.05) is 0 Å². The number of carbonyl (C=O) groups excluding carboxylic acids is 2. The molecule has 1 N–H and O–H groups in total. The van der Waals surface area contributed by atoms with E-state index in [0.717, 1.165) is 0 Å². The van der Waals surface area contributed by atoms with Crippen LogP contribution in [0.3, 0.4) is 0 Å². The molecule has 6 heteroatoms. The van der Waals surface area contributed by atoms with Crippen LogP contribution in [0.1, 0.15) is 27.7 Å². The van der Waals surface area contributed by atoms with Gasteiger partial charge in [0.2, 0.25) is 5.91 Å². The second-order valence-corrected chi connectivity index (χ2v) is 11.2. The number of amides is 1. The quantitative estimate of drug-likeness (QED) is 0.631. The van der Waals surface area contributed by atoms with Crippen molar-refractivity contribution in [1.29, 1.82) is 0 Å². The van der Waals surface area contributed by atoms with Gasteiger partial charge in [0.25, 0.3) is 0 Å². The maximum absolute atomic E-state index is 11.9. The molecule has 0 aromatic carbocycles. The summed E-state index contributed by atoms with van der Waals surface area (Å²) in [6.45, 7) is 12.8. The van der Waals surface area contributed by atoms with E-state index >= 15 is 0 Å². The molecule has 0 saturated carbocycles. The Kier molecular flexibility index (Phi) is 4.79. The van der Waals surface area contributed by atoms with Gasteiger partial charge in [-0.05, 0) is 25.1 Å². The molecule has 0 spiro atoms. The zero-order chi connectivity index (χ0) is 14.8. The molecule has 0 aromatic rings. The average Bonchev–Trinajstić information content (AvgIpc) is 2.59. The van der Waals surface area contributed by atoms with Crippen LogP contribution in [0.2, 0.25) is 18.1 Å². The number of esters is 1. The monoisotopic (exact) mass is 287 g/mol. The molecule has 5 nitrogen and oxygen atoms in total. The molecule has 1 rings (SSSR count). The zero-order valence-corrected chi connectivity index (χ0v) is 13.7. The molecule has 0 aromatic heterocycles. The number of carbonyl (C=O) groups is 2. The molecule has 2 atom stereocenters. The Morgan fingerprint density at radius 3 is 2.47 bits per heavy atom. The summed E-state index contributed by atoms with van der Waals surface area (Å²) in [7, 11) is -2.09. The summed E-state index contributed by atoms with van der Waals surface area (Å²) in [5, 5.41) is 2.69. The van der Waals surface area contributed by atoms with Gasteiger partial charge in [0.05, 0.1) is 6.61 Å². The first-order valence-corrected chi connectivity index (χ1v) is 9.63. The van der Waals surface area contributed by atoms with Crippen LogP contribution in [0.5, 0.6) is 0 Å². The van der Waals surface area contributed by atoms with Crippen LogP contribution < -0.4 is 5.32 Å². The topological polar surface area (TPSA) is 64.6 Å². The summed E-state index contributed by atoms with van der Waals surface area (Å²) in [4.78, 5) is 23.7. The Labute approximate surface area is 116 Å². The van der Waals surface area contributed by atoms with Crippen LogP contribution >= 0.6 is 0 Å². The van der Waals surface area contributed by atoms with Crippen molar-refractivity contribution >= 4 is 20.2 Å². The third-order valence-corrected chi connectivity index (χ3v) is 8.39. The van der Waals surface area contributed by atoms with Gasteiger partial charge in [-0.1, -0.05) is 20.8 Å². The fourth-order valence-electron chi connectivity index (χ4n) is 1.69. The lowest BCUT2D eigenvalue weighted by Gasteiger charge is -2.38. The van der Waals surface area contributed by atoms with Gasteiger partial charge >= 0.3 is 5.97 Å². The van der Waals surface area contributed by atoms with Crippen LogP contribution in [-0.2, 0) is 18.8 Å². The normalized spacial score (nSPS) is 24.2. The van der Waals surface area contributed by atoms with Gasteiger partial charge in [-0.2, -0.15) is 0 Å². The van der Waals surface area contributed by atoms with Gasteiger partial charge < -0.3 is 14.5 Å². The molecule has 1 saturated heterocycles. The molecular weight excluding hydrogens is 262 g/mol. The van der Waals surface area contributed by atoms with E-state index in [4.69, 9.17) is 9.16 Å². The third kappa shape index (κ3) is 3.57. The smallest absolute Gasteiger partial charge is 0.313 e. The summed E-state index contributed by atoms with van der Waals surface area (Å²) in [5.74, 6) is -1.09. The van der Waals surface area contributed by atoms with Gasteiger partial charge in [0.1, 0.15) is 12.0 Å². The van der Waals surface area contributed by atoms with E-state index in [1.54, 1.807) is 6.92 Å². The van der Waals surface area contributed by atoms with Crippen molar-refractivity contribution in [3.63, 3.8) is 0 Å². The second-order valence-electron chi connectivity index (χ2n) is 6.40. The molecule has 1 heterocycles. The molecule has 1 amide bonds. The molecule has 2 unspecified atom stereocenters. The van der Waals surface area contributed by atoms with Crippen molar-refractivity contribution in [2.75, 3.05) is 13.2 Å². The Balaban J connectivity index is 2.84. The second kappa shape index (κ2) is 5.62. The molecule has 0 radical (unpaired) electrons. The first-order valence-electron chi connectivity index (χ1n) is 6.72. The lowest BCUT2D eigenvalue weighted by molar-refractivity contribution is -0.151. The Hall–Kier alpha value is -0.883. The molecule has 1 aliphatic rings. The fraction of sp³-hybridized carbons (Fsp3) is 0.846. The number of nitrogens with one attached hydrogen (secondary N) is 1. The van der Waals surface area contributed by atoms with Gasteiger partial charge in [-0.25, -0.2) is 0 Å². The Morgan fingerprint density at radius 2 is 2.00 bits per heavy atom. The number of hydrogen-bond donors (Lipinski definition) is 1. The summed E-state index contributed by atoms with van der Waals surface area (Å²) >= 11 is 0. The molecule has 0 aliphatic carbocycles.